The van der Waals surface area contributed by atoms with Gasteiger partial charge in [-0.2, -0.15) is 0 Å². The summed E-state index contributed by atoms with van der Waals surface area (Å²) in [4.78, 5) is 12.1. The predicted octanol–water partition coefficient (Wildman–Crippen LogP) is 6.07. The van der Waals surface area contributed by atoms with Crippen molar-refractivity contribution in [3.63, 3.8) is 0 Å². The fraction of sp³-hybridized carbons (Fsp3) is 0.750. The lowest BCUT2D eigenvalue weighted by molar-refractivity contribution is -0.154. The second-order valence-electron chi connectivity index (χ2n) is 6.51. The van der Waals surface area contributed by atoms with Crippen molar-refractivity contribution in [2.24, 2.45) is 11.8 Å². The van der Waals surface area contributed by atoms with Crippen LogP contribution in [0.2, 0.25) is 0 Å². The van der Waals surface area contributed by atoms with Crippen molar-refractivity contribution in [1.29, 1.82) is 0 Å². The fourth-order valence-corrected chi connectivity index (χ4v) is 2.65. The zero-order valence-electron chi connectivity index (χ0n) is 15.4. The molecule has 0 aliphatic rings. The molecule has 0 aliphatic carbocycles. The normalized spacial score (nSPS) is 15.5. The number of carbonyl (C=O) groups is 1. The van der Waals surface area contributed by atoms with Gasteiger partial charge in [0.2, 0.25) is 0 Å². The summed E-state index contributed by atoms with van der Waals surface area (Å²) in [5.41, 5.74) is 1.18. The Bertz CT molecular complexity index is 344. The first-order chi connectivity index (χ1) is 10.4. The Morgan fingerprint density at radius 2 is 1.73 bits per heavy atom. The summed E-state index contributed by atoms with van der Waals surface area (Å²) in [6.45, 7) is 14.7. The van der Waals surface area contributed by atoms with Crippen molar-refractivity contribution in [1.82, 2.24) is 0 Å². The highest BCUT2D eigenvalue weighted by molar-refractivity contribution is 5.72. The van der Waals surface area contributed by atoms with Crippen LogP contribution in [0.25, 0.3) is 0 Å². The molecule has 0 amide bonds. The van der Waals surface area contributed by atoms with E-state index >= 15 is 0 Å². The molecule has 0 bridgehead atoms. The van der Waals surface area contributed by atoms with Crippen molar-refractivity contribution in [3.8, 4) is 0 Å². The molecule has 0 heterocycles. The third-order valence-corrected chi connectivity index (χ3v) is 3.84. The summed E-state index contributed by atoms with van der Waals surface area (Å²) < 4.78 is 5.72. The topological polar surface area (TPSA) is 26.3 Å². The maximum Gasteiger partial charge on any atom is 0.308 e. The maximum atomic E-state index is 12.1. The van der Waals surface area contributed by atoms with E-state index in [9.17, 15) is 4.79 Å². The van der Waals surface area contributed by atoms with Gasteiger partial charge in [0.15, 0.2) is 0 Å². The monoisotopic (exact) mass is 308 g/mol. The van der Waals surface area contributed by atoms with Crippen molar-refractivity contribution in [2.45, 2.75) is 85.7 Å². The number of ether oxygens (including phenoxy) is 1. The van der Waals surface area contributed by atoms with Gasteiger partial charge in [-0.1, -0.05) is 71.8 Å². The second-order valence-corrected chi connectivity index (χ2v) is 6.51. The van der Waals surface area contributed by atoms with Gasteiger partial charge in [0.25, 0.3) is 0 Å². The Kier molecular flexibility index (Phi) is 11.9. The van der Waals surface area contributed by atoms with Crippen LogP contribution < -0.4 is 0 Å². The average molecular weight is 309 g/mol. The molecule has 0 fully saturated rings. The first-order valence-electron chi connectivity index (χ1n) is 8.98. The molecule has 0 aromatic carbocycles. The van der Waals surface area contributed by atoms with Gasteiger partial charge in [0.05, 0.1) is 5.92 Å². The summed E-state index contributed by atoms with van der Waals surface area (Å²) in [6, 6.07) is 0. The van der Waals surface area contributed by atoms with E-state index in [1.165, 1.54) is 5.57 Å². The van der Waals surface area contributed by atoms with Crippen LogP contribution in [0.1, 0.15) is 79.6 Å². The van der Waals surface area contributed by atoms with Crippen LogP contribution >= 0.6 is 0 Å². The van der Waals surface area contributed by atoms with Crippen LogP contribution in [0, 0.1) is 11.8 Å². The summed E-state index contributed by atoms with van der Waals surface area (Å²) in [6.07, 6.45) is 11.1. The van der Waals surface area contributed by atoms with E-state index in [4.69, 9.17) is 4.74 Å². The molecule has 3 atom stereocenters. The molecule has 22 heavy (non-hydrogen) atoms. The summed E-state index contributed by atoms with van der Waals surface area (Å²) >= 11 is 0. The van der Waals surface area contributed by atoms with Crippen molar-refractivity contribution in [3.05, 3.63) is 24.3 Å². The Morgan fingerprint density at radius 3 is 2.27 bits per heavy atom. The van der Waals surface area contributed by atoms with Crippen LogP contribution in [-0.2, 0) is 9.53 Å². The third-order valence-electron chi connectivity index (χ3n) is 3.84. The lowest BCUT2D eigenvalue weighted by atomic mass is 9.96. The standard InChI is InChI=1S/C20H36O2/c1-7-10-13-16(4)14-17(5)15-19(12-9-3)22-20(21)18(6)11-8-2/h10,13,16,18-19H,5,7-9,11-12,14-15H2,1-4,6H3/b13-10+/t16-,18-,19+/m0/s1. The molecule has 0 aromatic rings. The van der Waals surface area contributed by atoms with E-state index < -0.39 is 0 Å². The number of hydrogen-bond acceptors (Lipinski definition) is 2. The highest BCUT2D eigenvalue weighted by Gasteiger charge is 2.19. The lowest BCUT2D eigenvalue weighted by Crippen LogP contribution is -2.23. The van der Waals surface area contributed by atoms with E-state index in [0.717, 1.165) is 44.9 Å². The van der Waals surface area contributed by atoms with Crippen molar-refractivity contribution < 1.29 is 9.53 Å². The third kappa shape index (κ3) is 9.81. The average Bonchev–Trinajstić information content (AvgIpc) is 2.45. The highest BCUT2D eigenvalue weighted by Crippen LogP contribution is 2.21. The molecular weight excluding hydrogens is 272 g/mol. The minimum absolute atomic E-state index is 0.00373. The van der Waals surface area contributed by atoms with E-state index in [2.05, 4.69) is 46.4 Å². The van der Waals surface area contributed by atoms with Gasteiger partial charge in [-0.3, -0.25) is 4.79 Å². The molecule has 128 valence electrons. The largest absolute Gasteiger partial charge is 0.462 e. The second kappa shape index (κ2) is 12.5. The van der Waals surface area contributed by atoms with Gasteiger partial charge < -0.3 is 4.74 Å². The molecule has 0 saturated carbocycles. The van der Waals surface area contributed by atoms with Crippen LogP contribution in [0.5, 0.6) is 0 Å². The van der Waals surface area contributed by atoms with Gasteiger partial charge in [-0.15, -0.1) is 0 Å². The van der Waals surface area contributed by atoms with Crippen LogP contribution in [0.3, 0.4) is 0 Å². The van der Waals surface area contributed by atoms with E-state index in [1.54, 1.807) is 0 Å². The van der Waals surface area contributed by atoms with Gasteiger partial charge >= 0.3 is 5.97 Å². The first kappa shape index (κ1) is 20.9. The smallest absolute Gasteiger partial charge is 0.308 e. The molecule has 2 nitrogen and oxygen atoms in total. The molecule has 0 saturated heterocycles. The number of carbonyl (C=O) groups excluding carboxylic acids is 1. The van der Waals surface area contributed by atoms with Crippen LogP contribution in [0.15, 0.2) is 24.3 Å². The van der Waals surface area contributed by atoms with E-state index in [0.29, 0.717) is 5.92 Å². The number of esters is 1. The molecule has 0 aliphatic heterocycles. The molecule has 0 N–H and O–H groups in total. The highest BCUT2D eigenvalue weighted by atomic mass is 16.5. The zero-order valence-corrected chi connectivity index (χ0v) is 15.4. The number of hydrogen-bond donors (Lipinski definition) is 0. The number of allylic oxidation sites excluding steroid dienone is 2. The molecular formula is C20H36O2. The molecule has 0 spiro atoms. The first-order valence-corrected chi connectivity index (χ1v) is 8.98. The minimum atomic E-state index is -0.0490. The van der Waals surface area contributed by atoms with Crippen molar-refractivity contribution >= 4 is 5.97 Å². The zero-order chi connectivity index (χ0) is 17.0. The summed E-state index contributed by atoms with van der Waals surface area (Å²) in [5.74, 6) is 0.459. The number of rotatable bonds is 12. The van der Waals surface area contributed by atoms with E-state index in [1.807, 2.05) is 6.92 Å². The van der Waals surface area contributed by atoms with Crippen LogP contribution in [-0.4, -0.2) is 12.1 Å². The Balaban J connectivity index is 4.41. The van der Waals surface area contributed by atoms with Gasteiger partial charge in [-0.05, 0) is 31.6 Å². The SMILES string of the molecule is C=C(C[C@@H](CCC)OC(=O)[C@@H](C)CCC)C[C@@H](C)/C=C/CC. The van der Waals surface area contributed by atoms with Gasteiger partial charge in [0.1, 0.15) is 6.10 Å². The molecule has 0 radical (unpaired) electrons. The minimum Gasteiger partial charge on any atom is -0.462 e. The Morgan fingerprint density at radius 1 is 1.09 bits per heavy atom. The molecule has 0 unspecified atom stereocenters. The van der Waals surface area contributed by atoms with Crippen molar-refractivity contribution in [2.75, 3.05) is 0 Å². The lowest BCUT2D eigenvalue weighted by Gasteiger charge is -2.21. The van der Waals surface area contributed by atoms with E-state index in [-0.39, 0.29) is 18.0 Å². The molecule has 0 aromatic heterocycles. The van der Waals surface area contributed by atoms with Gasteiger partial charge in [-0.25, -0.2) is 0 Å². The Labute approximate surface area is 138 Å². The van der Waals surface area contributed by atoms with Gasteiger partial charge in [0, 0.05) is 6.42 Å². The summed E-state index contributed by atoms with van der Waals surface area (Å²) in [7, 11) is 0. The van der Waals surface area contributed by atoms with Crippen LogP contribution in [0.4, 0.5) is 0 Å². The molecule has 0 rings (SSSR count). The Hall–Kier alpha value is -1.05. The quantitative estimate of drug-likeness (QED) is 0.323. The fourth-order valence-electron chi connectivity index (χ4n) is 2.65. The maximum absolute atomic E-state index is 12.1. The molecule has 2 heteroatoms. The predicted molar refractivity (Wildman–Crippen MR) is 95.8 cm³/mol. The summed E-state index contributed by atoms with van der Waals surface area (Å²) in [5, 5.41) is 0.